The van der Waals surface area contributed by atoms with Crippen molar-refractivity contribution < 1.29 is 23.8 Å². The summed E-state index contributed by atoms with van der Waals surface area (Å²) in [7, 11) is 0. The third-order valence-electron chi connectivity index (χ3n) is 5.91. The summed E-state index contributed by atoms with van der Waals surface area (Å²) in [5.41, 5.74) is 14.0. The first-order valence-corrected chi connectivity index (χ1v) is 11.9. The molecule has 1 fully saturated rings. The van der Waals surface area contributed by atoms with Gasteiger partial charge < -0.3 is 25.7 Å². The van der Waals surface area contributed by atoms with Crippen molar-refractivity contribution in [2.75, 3.05) is 18.1 Å². The molecule has 0 radical (unpaired) electrons. The Bertz CT molecular complexity index is 979. The molecular formula is C27H34N2O5. The second kappa shape index (κ2) is 12.8. The van der Waals surface area contributed by atoms with Gasteiger partial charge in [-0.15, -0.1) is 0 Å². The van der Waals surface area contributed by atoms with Gasteiger partial charge in [-0.3, -0.25) is 4.79 Å². The van der Waals surface area contributed by atoms with Crippen LogP contribution in [0.1, 0.15) is 56.6 Å². The number of hydrogen-bond acceptors (Lipinski definition) is 7. The normalized spacial score (nSPS) is 18.0. The minimum absolute atomic E-state index is 0.0664. The fourth-order valence-electron chi connectivity index (χ4n) is 3.81. The van der Waals surface area contributed by atoms with Crippen LogP contribution < -0.4 is 16.2 Å². The van der Waals surface area contributed by atoms with Gasteiger partial charge in [0.1, 0.15) is 12.4 Å². The zero-order valence-corrected chi connectivity index (χ0v) is 19.7. The lowest BCUT2D eigenvalue weighted by Crippen LogP contribution is -2.29. The number of benzene rings is 2. The number of nitrogens with two attached hydrogens (primary N) is 2. The fourth-order valence-corrected chi connectivity index (χ4v) is 3.81. The molecule has 0 aromatic heterocycles. The first kappa shape index (κ1) is 25.3. The second-order valence-corrected chi connectivity index (χ2v) is 8.59. The summed E-state index contributed by atoms with van der Waals surface area (Å²) in [5, 5.41) is 0. The number of carbonyl (C=O) groups is 2. The number of anilines is 2. The summed E-state index contributed by atoms with van der Waals surface area (Å²) in [4.78, 5) is 24.5. The SMILES string of the molecule is CCCCOC1CCC(C(=O)Oc2ccc(C=CC(=O)OCc3ccc(N)cc3N)cc2)CC1. The molecule has 0 unspecified atom stereocenters. The topological polar surface area (TPSA) is 114 Å². The minimum Gasteiger partial charge on any atom is -0.458 e. The molecule has 34 heavy (non-hydrogen) atoms. The monoisotopic (exact) mass is 466 g/mol. The molecule has 4 N–H and O–H groups in total. The van der Waals surface area contributed by atoms with Crippen molar-refractivity contribution in [3.05, 3.63) is 59.7 Å². The van der Waals surface area contributed by atoms with E-state index in [0.29, 0.717) is 22.7 Å². The molecule has 7 heteroatoms. The van der Waals surface area contributed by atoms with E-state index in [1.165, 1.54) is 6.08 Å². The quantitative estimate of drug-likeness (QED) is 0.168. The van der Waals surface area contributed by atoms with E-state index >= 15 is 0 Å². The van der Waals surface area contributed by atoms with Crippen LogP contribution in [0.5, 0.6) is 5.75 Å². The van der Waals surface area contributed by atoms with Crippen molar-refractivity contribution >= 4 is 29.4 Å². The number of nitrogen functional groups attached to an aromatic ring is 2. The molecule has 2 aromatic rings. The predicted molar refractivity (Wildman–Crippen MR) is 133 cm³/mol. The van der Waals surface area contributed by atoms with E-state index in [1.807, 2.05) is 0 Å². The number of esters is 2. The Morgan fingerprint density at radius 1 is 1.03 bits per heavy atom. The van der Waals surface area contributed by atoms with Crippen LogP contribution in [-0.2, 0) is 25.7 Å². The third-order valence-corrected chi connectivity index (χ3v) is 5.91. The van der Waals surface area contributed by atoms with Crippen LogP contribution in [0, 0.1) is 5.92 Å². The molecule has 0 heterocycles. The number of ether oxygens (including phenoxy) is 3. The molecule has 0 spiro atoms. The second-order valence-electron chi connectivity index (χ2n) is 8.59. The lowest BCUT2D eigenvalue weighted by molar-refractivity contribution is -0.141. The molecule has 0 amide bonds. The maximum Gasteiger partial charge on any atom is 0.331 e. The molecule has 0 atom stereocenters. The smallest absolute Gasteiger partial charge is 0.331 e. The standard InChI is InChI=1S/C27H34N2O5/c1-2-3-16-32-23-13-8-20(9-14-23)27(31)34-24-11-4-19(5-12-24)6-15-26(30)33-18-21-7-10-22(28)17-25(21)29/h4-7,10-12,15,17,20,23H,2-3,8-9,13-14,16,18,28-29H2,1H3. The molecular weight excluding hydrogens is 432 g/mol. The molecule has 7 nitrogen and oxygen atoms in total. The van der Waals surface area contributed by atoms with E-state index in [9.17, 15) is 9.59 Å². The van der Waals surface area contributed by atoms with Gasteiger partial charge in [0, 0.05) is 29.6 Å². The van der Waals surface area contributed by atoms with Crippen LogP contribution in [0.15, 0.2) is 48.5 Å². The van der Waals surface area contributed by atoms with E-state index in [1.54, 1.807) is 48.5 Å². The molecule has 0 aliphatic heterocycles. The zero-order valence-electron chi connectivity index (χ0n) is 19.7. The molecule has 1 aliphatic carbocycles. The van der Waals surface area contributed by atoms with E-state index in [2.05, 4.69) is 6.92 Å². The molecule has 3 rings (SSSR count). The lowest BCUT2D eigenvalue weighted by atomic mass is 9.87. The van der Waals surface area contributed by atoms with Crippen LogP contribution in [0.3, 0.4) is 0 Å². The lowest BCUT2D eigenvalue weighted by Gasteiger charge is -2.27. The summed E-state index contributed by atoms with van der Waals surface area (Å²) in [6, 6.07) is 12.1. The van der Waals surface area contributed by atoms with Crippen molar-refractivity contribution in [3.63, 3.8) is 0 Å². The van der Waals surface area contributed by atoms with Crippen molar-refractivity contribution in [1.82, 2.24) is 0 Å². The highest BCUT2D eigenvalue weighted by atomic mass is 16.5. The van der Waals surface area contributed by atoms with Gasteiger partial charge in [0.05, 0.1) is 12.0 Å². The predicted octanol–water partition coefficient (Wildman–Crippen LogP) is 4.89. The van der Waals surface area contributed by atoms with Gasteiger partial charge in [-0.05, 0) is 68.0 Å². The van der Waals surface area contributed by atoms with Gasteiger partial charge in [-0.25, -0.2) is 4.79 Å². The molecule has 1 saturated carbocycles. The Morgan fingerprint density at radius 3 is 2.44 bits per heavy atom. The zero-order chi connectivity index (χ0) is 24.3. The van der Waals surface area contributed by atoms with Gasteiger partial charge in [-0.2, -0.15) is 0 Å². The summed E-state index contributed by atoms with van der Waals surface area (Å²) < 4.78 is 16.7. The Morgan fingerprint density at radius 2 is 1.76 bits per heavy atom. The minimum atomic E-state index is -0.485. The summed E-state index contributed by atoms with van der Waals surface area (Å²) in [6.45, 7) is 3.01. The van der Waals surface area contributed by atoms with E-state index in [4.69, 9.17) is 25.7 Å². The molecule has 0 bridgehead atoms. The summed E-state index contributed by atoms with van der Waals surface area (Å²) in [6.07, 6.45) is 8.82. The average Bonchev–Trinajstić information content (AvgIpc) is 2.83. The third kappa shape index (κ3) is 7.92. The van der Waals surface area contributed by atoms with Crippen LogP contribution in [0.25, 0.3) is 6.08 Å². The van der Waals surface area contributed by atoms with Gasteiger partial charge >= 0.3 is 11.9 Å². The van der Waals surface area contributed by atoms with Crippen molar-refractivity contribution in [1.29, 1.82) is 0 Å². The van der Waals surface area contributed by atoms with Crippen molar-refractivity contribution in [2.45, 2.75) is 58.2 Å². The highest BCUT2D eigenvalue weighted by Gasteiger charge is 2.28. The van der Waals surface area contributed by atoms with Crippen LogP contribution in [-0.4, -0.2) is 24.6 Å². The number of hydrogen-bond donors (Lipinski definition) is 2. The van der Waals surface area contributed by atoms with Gasteiger partial charge in [0.2, 0.25) is 0 Å². The van der Waals surface area contributed by atoms with Gasteiger partial charge in [0.25, 0.3) is 0 Å². The van der Waals surface area contributed by atoms with Crippen LogP contribution in [0.2, 0.25) is 0 Å². The van der Waals surface area contributed by atoms with Crippen LogP contribution in [0.4, 0.5) is 11.4 Å². The number of carbonyl (C=O) groups excluding carboxylic acids is 2. The van der Waals surface area contributed by atoms with Crippen molar-refractivity contribution in [2.24, 2.45) is 5.92 Å². The van der Waals surface area contributed by atoms with E-state index in [-0.39, 0.29) is 24.6 Å². The first-order chi connectivity index (χ1) is 16.4. The Balaban J connectivity index is 1.41. The highest BCUT2D eigenvalue weighted by Crippen LogP contribution is 2.28. The first-order valence-electron chi connectivity index (χ1n) is 11.9. The van der Waals surface area contributed by atoms with Crippen molar-refractivity contribution in [3.8, 4) is 5.75 Å². The fraction of sp³-hybridized carbons (Fsp3) is 0.407. The summed E-state index contributed by atoms with van der Waals surface area (Å²) in [5.74, 6) is -0.276. The number of unbranched alkanes of at least 4 members (excludes halogenated alkanes) is 1. The van der Waals surface area contributed by atoms with E-state index in [0.717, 1.165) is 50.7 Å². The molecule has 182 valence electrons. The Hall–Kier alpha value is -3.32. The molecule has 2 aromatic carbocycles. The highest BCUT2D eigenvalue weighted by molar-refractivity contribution is 5.87. The van der Waals surface area contributed by atoms with Crippen LogP contribution >= 0.6 is 0 Å². The maximum atomic E-state index is 12.5. The molecule has 0 saturated heterocycles. The largest absolute Gasteiger partial charge is 0.458 e. The maximum absolute atomic E-state index is 12.5. The Kier molecular flexibility index (Phi) is 9.52. The summed E-state index contributed by atoms with van der Waals surface area (Å²) >= 11 is 0. The average molecular weight is 467 g/mol. The van der Waals surface area contributed by atoms with Gasteiger partial charge in [0.15, 0.2) is 0 Å². The number of rotatable bonds is 10. The molecule has 1 aliphatic rings. The van der Waals surface area contributed by atoms with E-state index < -0.39 is 5.97 Å². The van der Waals surface area contributed by atoms with Gasteiger partial charge in [-0.1, -0.05) is 31.5 Å². The Labute approximate surface area is 201 Å².